The van der Waals surface area contributed by atoms with E-state index in [2.05, 4.69) is 4.72 Å². The predicted molar refractivity (Wildman–Crippen MR) is 68.5 cm³/mol. The summed E-state index contributed by atoms with van der Waals surface area (Å²) in [4.78, 5) is -0.770. The molecule has 2 N–H and O–H groups in total. The first-order valence-corrected chi connectivity index (χ1v) is 7.10. The van der Waals surface area contributed by atoms with Crippen LogP contribution >= 0.6 is 0 Å². The Morgan fingerprint density at radius 1 is 1.10 bits per heavy atom. The van der Waals surface area contributed by atoms with Gasteiger partial charge >= 0.3 is 0 Å². The van der Waals surface area contributed by atoms with Gasteiger partial charge in [-0.3, -0.25) is 0 Å². The van der Waals surface area contributed by atoms with Crippen molar-refractivity contribution in [2.75, 3.05) is 0 Å². The fourth-order valence-electron chi connectivity index (χ4n) is 1.59. The van der Waals surface area contributed by atoms with Crippen molar-refractivity contribution in [3.8, 4) is 5.75 Å². The van der Waals surface area contributed by atoms with Gasteiger partial charge in [0.2, 0.25) is 10.0 Å². The van der Waals surface area contributed by atoms with Crippen molar-refractivity contribution in [1.82, 2.24) is 4.72 Å². The van der Waals surface area contributed by atoms with Gasteiger partial charge in [-0.15, -0.1) is 0 Å². The summed E-state index contributed by atoms with van der Waals surface area (Å²) in [6, 6.07) is 8.28. The summed E-state index contributed by atoms with van der Waals surface area (Å²) in [6.07, 6.45) is 0. The zero-order valence-corrected chi connectivity index (χ0v) is 11.0. The fourth-order valence-corrected chi connectivity index (χ4v) is 2.69. The van der Waals surface area contributed by atoms with Crippen molar-refractivity contribution in [3.05, 3.63) is 59.7 Å². The van der Waals surface area contributed by atoms with E-state index in [9.17, 15) is 22.3 Å². The van der Waals surface area contributed by atoms with Crippen molar-refractivity contribution in [2.24, 2.45) is 0 Å². The Labute approximate surface area is 114 Å². The molecule has 0 aliphatic rings. The lowest BCUT2D eigenvalue weighted by atomic mass is 10.2. The molecule has 0 bridgehead atoms. The Bertz CT molecular complexity index is 732. The van der Waals surface area contributed by atoms with E-state index in [1.54, 1.807) is 12.1 Å². The molecule has 0 amide bonds. The minimum atomic E-state index is -4.20. The largest absolute Gasteiger partial charge is 0.508 e. The van der Waals surface area contributed by atoms with E-state index >= 15 is 0 Å². The van der Waals surface area contributed by atoms with Crippen LogP contribution in [-0.4, -0.2) is 13.5 Å². The third-order valence-corrected chi connectivity index (χ3v) is 4.04. The summed E-state index contributed by atoms with van der Waals surface area (Å²) >= 11 is 0. The van der Waals surface area contributed by atoms with Gasteiger partial charge in [-0.2, -0.15) is 0 Å². The minimum absolute atomic E-state index is 0.0880. The van der Waals surface area contributed by atoms with Gasteiger partial charge in [0.1, 0.15) is 22.3 Å². The highest BCUT2D eigenvalue weighted by atomic mass is 32.2. The van der Waals surface area contributed by atoms with Crippen LogP contribution in [0.4, 0.5) is 8.78 Å². The van der Waals surface area contributed by atoms with Crippen molar-refractivity contribution < 1.29 is 22.3 Å². The quantitative estimate of drug-likeness (QED) is 0.909. The first kappa shape index (κ1) is 14.4. The minimum Gasteiger partial charge on any atom is -0.508 e. The number of halogens is 2. The molecule has 0 spiro atoms. The molecule has 7 heteroatoms. The molecule has 0 unspecified atom stereocenters. The summed E-state index contributed by atoms with van der Waals surface area (Å²) in [5, 5.41) is 9.51. The third-order valence-electron chi connectivity index (χ3n) is 2.63. The summed E-state index contributed by atoms with van der Waals surface area (Å²) in [7, 11) is -4.20. The van der Waals surface area contributed by atoms with Crippen LogP contribution in [0.15, 0.2) is 47.4 Å². The van der Waals surface area contributed by atoms with Crippen LogP contribution in [0.3, 0.4) is 0 Å². The average Bonchev–Trinajstić information content (AvgIpc) is 2.40. The molecule has 20 heavy (non-hydrogen) atoms. The van der Waals surface area contributed by atoms with E-state index in [1.165, 1.54) is 12.1 Å². The Hall–Kier alpha value is -1.99. The fraction of sp³-hybridized carbons (Fsp3) is 0.0769. The molecule has 2 aromatic carbocycles. The van der Waals surface area contributed by atoms with Gasteiger partial charge in [-0.05, 0) is 24.3 Å². The molecule has 0 aromatic heterocycles. The number of nitrogens with one attached hydrogen (secondary N) is 1. The number of hydrogen-bond donors (Lipinski definition) is 2. The summed E-state index contributed by atoms with van der Waals surface area (Å²) in [6.45, 7) is -0.231. The van der Waals surface area contributed by atoms with Crippen molar-refractivity contribution >= 4 is 10.0 Å². The summed E-state index contributed by atoms with van der Waals surface area (Å²) in [5.41, 5.74) is 0.327. The number of hydrogen-bond acceptors (Lipinski definition) is 3. The number of phenols is 1. The van der Waals surface area contributed by atoms with Crippen LogP contribution in [0.1, 0.15) is 5.56 Å². The number of benzene rings is 2. The third kappa shape index (κ3) is 3.12. The first-order valence-electron chi connectivity index (χ1n) is 5.62. The molecule has 0 radical (unpaired) electrons. The molecule has 0 atom stereocenters. The van der Waals surface area contributed by atoms with Crippen LogP contribution in [0.2, 0.25) is 0 Å². The lowest BCUT2D eigenvalue weighted by Crippen LogP contribution is -2.24. The first-order chi connectivity index (χ1) is 9.40. The van der Waals surface area contributed by atoms with Crippen LogP contribution in [-0.2, 0) is 16.6 Å². The Kier molecular flexibility index (Phi) is 4.01. The Morgan fingerprint density at radius 3 is 2.50 bits per heavy atom. The highest BCUT2D eigenvalue weighted by Crippen LogP contribution is 2.18. The van der Waals surface area contributed by atoms with Crippen molar-refractivity contribution in [2.45, 2.75) is 11.4 Å². The monoisotopic (exact) mass is 299 g/mol. The van der Waals surface area contributed by atoms with Crippen molar-refractivity contribution in [3.63, 3.8) is 0 Å². The second-order valence-corrected chi connectivity index (χ2v) is 5.76. The van der Waals surface area contributed by atoms with Crippen LogP contribution in [0, 0.1) is 11.6 Å². The second kappa shape index (κ2) is 5.56. The normalized spacial score (nSPS) is 11.5. The maximum atomic E-state index is 13.4. The molecular formula is C13H11F2NO3S. The van der Waals surface area contributed by atoms with Crippen LogP contribution in [0.5, 0.6) is 5.75 Å². The van der Waals surface area contributed by atoms with Gasteiger partial charge in [-0.25, -0.2) is 21.9 Å². The average molecular weight is 299 g/mol. The van der Waals surface area contributed by atoms with Gasteiger partial charge < -0.3 is 5.11 Å². The number of aromatic hydroxyl groups is 1. The molecule has 2 aromatic rings. The van der Waals surface area contributed by atoms with E-state index < -0.39 is 26.6 Å². The SMILES string of the molecule is O=S(=O)(NCc1ccccc1O)c1cc(F)ccc1F. The van der Waals surface area contributed by atoms with E-state index in [1.807, 2.05) is 0 Å². The number of para-hydroxylation sites is 1. The van der Waals surface area contributed by atoms with E-state index in [-0.39, 0.29) is 12.3 Å². The topological polar surface area (TPSA) is 66.4 Å². The van der Waals surface area contributed by atoms with E-state index in [0.717, 1.165) is 12.1 Å². The molecule has 106 valence electrons. The molecular weight excluding hydrogens is 288 g/mol. The maximum absolute atomic E-state index is 13.4. The molecule has 0 heterocycles. The van der Waals surface area contributed by atoms with Gasteiger partial charge in [0.15, 0.2) is 0 Å². The zero-order chi connectivity index (χ0) is 14.8. The zero-order valence-electron chi connectivity index (χ0n) is 10.2. The smallest absolute Gasteiger partial charge is 0.243 e. The maximum Gasteiger partial charge on any atom is 0.243 e. The highest BCUT2D eigenvalue weighted by molar-refractivity contribution is 7.89. The lowest BCUT2D eigenvalue weighted by molar-refractivity contribution is 0.467. The number of rotatable bonds is 4. The number of sulfonamides is 1. The van der Waals surface area contributed by atoms with E-state index in [4.69, 9.17) is 0 Å². The number of phenolic OH excluding ortho intramolecular Hbond substituents is 1. The predicted octanol–water partition coefficient (Wildman–Crippen LogP) is 2.15. The van der Waals surface area contributed by atoms with Gasteiger partial charge in [-0.1, -0.05) is 18.2 Å². The second-order valence-electron chi connectivity index (χ2n) is 4.03. The van der Waals surface area contributed by atoms with Crippen LogP contribution < -0.4 is 4.72 Å². The Morgan fingerprint density at radius 2 is 1.80 bits per heavy atom. The molecule has 0 aliphatic heterocycles. The highest BCUT2D eigenvalue weighted by Gasteiger charge is 2.20. The standard InChI is InChI=1S/C13H11F2NO3S/c14-10-5-6-11(15)13(7-10)20(18,19)16-8-9-3-1-2-4-12(9)17/h1-7,16-17H,8H2. The van der Waals surface area contributed by atoms with E-state index in [0.29, 0.717) is 11.6 Å². The van der Waals surface area contributed by atoms with Gasteiger partial charge in [0.25, 0.3) is 0 Å². The van der Waals surface area contributed by atoms with Crippen molar-refractivity contribution in [1.29, 1.82) is 0 Å². The van der Waals surface area contributed by atoms with Crippen LogP contribution in [0.25, 0.3) is 0 Å². The van der Waals surface area contributed by atoms with Gasteiger partial charge in [0.05, 0.1) is 0 Å². The molecule has 2 rings (SSSR count). The molecule has 0 fully saturated rings. The molecule has 0 saturated carbocycles. The summed E-state index contributed by atoms with van der Waals surface area (Å²) in [5.74, 6) is -1.99. The summed E-state index contributed by atoms with van der Waals surface area (Å²) < 4.78 is 52.3. The Balaban J connectivity index is 2.24. The van der Waals surface area contributed by atoms with Gasteiger partial charge in [0, 0.05) is 12.1 Å². The molecule has 4 nitrogen and oxygen atoms in total. The molecule has 0 saturated heterocycles. The molecule has 0 aliphatic carbocycles. The lowest BCUT2D eigenvalue weighted by Gasteiger charge is -2.09.